The number of anilines is 1. The number of β-amino-alcohol motifs (C(OH)–C–C–N with tert-alkyl or cyclic N) is 1. The molecular formula is C12H14ClIN3OP. The summed E-state index contributed by atoms with van der Waals surface area (Å²) in [6, 6.07) is 4.04. The van der Waals surface area contributed by atoms with E-state index in [1.54, 1.807) is 0 Å². The topological polar surface area (TPSA) is 41.3 Å². The molecule has 1 aliphatic heterocycles. The molecule has 2 aromatic rings. The summed E-state index contributed by atoms with van der Waals surface area (Å²) in [5.41, 5.74) is 1.46. The van der Waals surface area contributed by atoms with E-state index in [0.717, 1.165) is 34.6 Å². The number of benzene rings is 1. The Balaban J connectivity index is 2.06. The molecule has 2 atom stereocenters. The van der Waals surface area contributed by atoms with Crippen molar-refractivity contribution < 1.29 is 5.11 Å². The van der Waals surface area contributed by atoms with Crippen molar-refractivity contribution >= 4 is 56.6 Å². The number of fused-ring (bicyclic) bond motifs is 1. The second-order valence-corrected chi connectivity index (χ2v) is 7.62. The van der Waals surface area contributed by atoms with Gasteiger partial charge in [0, 0.05) is 18.5 Å². The van der Waals surface area contributed by atoms with Gasteiger partial charge in [0.1, 0.15) is 0 Å². The van der Waals surface area contributed by atoms with Crippen LogP contribution >= 0.6 is 40.0 Å². The van der Waals surface area contributed by atoms with Gasteiger partial charge in [-0.1, -0.05) is 11.6 Å². The highest BCUT2D eigenvalue weighted by molar-refractivity contribution is 14.2. The largest absolute Gasteiger partial charge is 0.388 e. The first kappa shape index (κ1) is 13.9. The van der Waals surface area contributed by atoms with Gasteiger partial charge in [-0.3, -0.25) is 0 Å². The molecule has 1 N–H and O–H groups in total. The molecule has 1 aliphatic rings. The van der Waals surface area contributed by atoms with Crippen molar-refractivity contribution in [1.29, 1.82) is 0 Å². The van der Waals surface area contributed by atoms with Crippen LogP contribution in [-0.4, -0.2) is 33.3 Å². The summed E-state index contributed by atoms with van der Waals surface area (Å²) in [6.45, 7) is 3.33. The maximum atomic E-state index is 10.1. The molecule has 4 nitrogen and oxygen atoms in total. The molecular weight excluding hydrogens is 395 g/mol. The zero-order chi connectivity index (χ0) is 13.6. The molecule has 0 saturated carbocycles. The van der Waals surface area contributed by atoms with Crippen LogP contribution in [-0.2, 0) is 0 Å². The quantitative estimate of drug-likeness (QED) is 0.610. The van der Waals surface area contributed by atoms with E-state index >= 15 is 0 Å². The molecule has 2 unspecified atom stereocenters. The third-order valence-electron chi connectivity index (χ3n) is 3.51. The fourth-order valence-corrected chi connectivity index (χ4v) is 4.33. The minimum Gasteiger partial charge on any atom is -0.388 e. The molecule has 7 heteroatoms. The van der Waals surface area contributed by atoms with Crippen molar-refractivity contribution in [3.63, 3.8) is 0 Å². The van der Waals surface area contributed by atoms with Crippen LogP contribution in [0.5, 0.6) is 0 Å². The normalized spacial score (nSPS) is 24.1. The van der Waals surface area contributed by atoms with Crippen LogP contribution in [0.1, 0.15) is 13.3 Å². The number of aliphatic hydroxyl groups is 1. The van der Waals surface area contributed by atoms with Crippen LogP contribution in [0.4, 0.5) is 5.69 Å². The van der Waals surface area contributed by atoms with Crippen LogP contribution in [0, 0.1) is 0 Å². The predicted molar refractivity (Wildman–Crippen MR) is 89.9 cm³/mol. The SMILES string of the molecule is CC1(O)CCN(c2cc3c(cnn3PI)cc2Cl)C1. The summed E-state index contributed by atoms with van der Waals surface area (Å²) >= 11 is 8.68. The second kappa shape index (κ2) is 5.02. The lowest BCUT2D eigenvalue weighted by Gasteiger charge is -2.22. The first-order valence-corrected chi connectivity index (χ1v) is 10.5. The summed E-state index contributed by atoms with van der Waals surface area (Å²) in [6.07, 6.45) is 3.18. The Labute approximate surface area is 131 Å². The van der Waals surface area contributed by atoms with Gasteiger partial charge >= 0.3 is 0 Å². The minimum atomic E-state index is -0.621. The number of nitrogens with zero attached hydrogens (tertiary/aromatic N) is 3. The van der Waals surface area contributed by atoms with Gasteiger partial charge in [0.15, 0.2) is 0 Å². The predicted octanol–water partition coefficient (Wildman–Crippen LogP) is 3.44. The first-order chi connectivity index (χ1) is 9.00. The monoisotopic (exact) mass is 409 g/mol. The highest BCUT2D eigenvalue weighted by Gasteiger charge is 2.32. The molecule has 1 fully saturated rings. The van der Waals surface area contributed by atoms with Gasteiger partial charge in [-0.05, 0) is 47.5 Å². The van der Waals surface area contributed by atoms with Crippen LogP contribution in [0.25, 0.3) is 10.9 Å². The zero-order valence-corrected chi connectivity index (χ0v) is 14.3. The summed E-state index contributed by atoms with van der Waals surface area (Å²) in [5.74, 6) is 0. The molecule has 1 aromatic carbocycles. The fourth-order valence-electron chi connectivity index (χ4n) is 2.50. The molecule has 3 rings (SSSR count). The van der Waals surface area contributed by atoms with Gasteiger partial charge in [0.2, 0.25) is 0 Å². The maximum Gasteiger partial charge on any atom is 0.0810 e. The van der Waals surface area contributed by atoms with Crippen LogP contribution in [0.2, 0.25) is 5.02 Å². The van der Waals surface area contributed by atoms with Crippen molar-refractivity contribution in [2.45, 2.75) is 18.9 Å². The van der Waals surface area contributed by atoms with Gasteiger partial charge in [-0.25, -0.2) is 4.45 Å². The Morgan fingerprint density at radius 2 is 2.32 bits per heavy atom. The van der Waals surface area contributed by atoms with E-state index in [9.17, 15) is 5.11 Å². The smallest absolute Gasteiger partial charge is 0.0810 e. The van der Waals surface area contributed by atoms with E-state index in [4.69, 9.17) is 11.6 Å². The Morgan fingerprint density at radius 1 is 1.53 bits per heavy atom. The molecule has 0 spiro atoms. The molecule has 1 saturated heterocycles. The number of halogens is 2. The van der Waals surface area contributed by atoms with Crippen LogP contribution < -0.4 is 4.90 Å². The van der Waals surface area contributed by atoms with E-state index in [1.807, 2.05) is 23.6 Å². The van der Waals surface area contributed by atoms with E-state index in [2.05, 4.69) is 38.1 Å². The van der Waals surface area contributed by atoms with Gasteiger partial charge in [-0.15, -0.1) is 0 Å². The summed E-state index contributed by atoms with van der Waals surface area (Å²) in [5, 5.41) is 16.2. The lowest BCUT2D eigenvalue weighted by molar-refractivity contribution is 0.0839. The average molecular weight is 410 g/mol. The Hall–Kier alpha value is -0.100. The van der Waals surface area contributed by atoms with Gasteiger partial charge in [0.05, 0.1) is 34.4 Å². The molecule has 19 heavy (non-hydrogen) atoms. The number of aromatic nitrogens is 2. The summed E-state index contributed by atoms with van der Waals surface area (Å²) in [7, 11) is 0. The second-order valence-electron chi connectivity index (χ2n) is 5.17. The van der Waals surface area contributed by atoms with E-state index in [1.165, 1.54) is 0 Å². The Bertz CT molecular complexity index is 631. The molecule has 0 aliphatic carbocycles. The Morgan fingerprint density at radius 3 is 2.95 bits per heavy atom. The van der Waals surface area contributed by atoms with Crippen molar-refractivity contribution in [2.24, 2.45) is 0 Å². The third-order valence-corrected chi connectivity index (χ3v) is 5.70. The van der Waals surface area contributed by atoms with Gasteiger partial charge < -0.3 is 10.0 Å². The lowest BCUT2D eigenvalue weighted by Crippen LogP contribution is -2.29. The molecule has 0 radical (unpaired) electrons. The van der Waals surface area contributed by atoms with Gasteiger partial charge in [-0.2, -0.15) is 5.10 Å². The average Bonchev–Trinajstić information content (AvgIpc) is 2.90. The summed E-state index contributed by atoms with van der Waals surface area (Å²) in [4.78, 5) is 2.15. The molecule has 0 bridgehead atoms. The highest BCUT2D eigenvalue weighted by atomic mass is 127. The lowest BCUT2D eigenvalue weighted by atomic mass is 10.1. The fraction of sp³-hybridized carbons (Fsp3) is 0.417. The molecule has 1 aromatic heterocycles. The maximum absolute atomic E-state index is 10.1. The van der Waals surface area contributed by atoms with E-state index in [-0.39, 0.29) is 0 Å². The summed E-state index contributed by atoms with van der Waals surface area (Å²) < 4.78 is 1.98. The van der Waals surface area contributed by atoms with Crippen molar-refractivity contribution in [2.75, 3.05) is 18.0 Å². The Kier molecular flexibility index (Phi) is 3.67. The number of rotatable bonds is 2. The van der Waals surface area contributed by atoms with Crippen LogP contribution in [0.3, 0.4) is 0 Å². The van der Waals surface area contributed by atoms with Crippen LogP contribution in [0.15, 0.2) is 18.3 Å². The highest BCUT2D eigenvalue weighted by Crippen LogP contribution is 2.37. The number of hydrogen-bond acceptors (Lipinski definition) is 3. The third kappa shape index (κ3) is 2.58. The van der Waals surface area contributed by atoms with Gasteiger partial charge in [0.25, 0.3) is 0 Å². The minimum absolute atomic E-state index is 0.565. The van der Waals surface area contributed by atoms with Crippen molar-refractivity contribution in [3.8, 4) is 0 Å². The number of hydrogen-bond donors (Lipinski definition) is 1. The molecule has 0 amide bonds. The molecule has 2 heterocycles. The van der Waals surface area contributed by atoms with E-state index < -0.39 is 5.60 Å². The zero-order valence-electron chi connectivity index (χ0n) is 10.4. The standard InChI is InChI=1S/C12H14ClIN3OP/c1-12(18)2-3-16(7-12)11-5-10-8(4-9(11)13)6-15-17(10)19-14/h4-6,18-19H,2-3,7H2,1H3. The van der Waals surface area contributed by atoms with Crippen molar-refractivity contribution in [3.05, 3.63) is 23.4 Å². The first-order valence-electron chi connectivity index (χ1n) is 6.01. The van der Waals surface area contributed by atoms with E-state index in [0.29, 0.717) is 12.9 Å². The molecule has 102 valence electrons. The van der Waals surface area contributed by atoms with Crippen molar-refractivity contribution in [1.82, 2.24) is 9.55 Å².